The van der Waals surface area contributed by atoms with Gasteiger partial charge in [0.1, 0.15) is 0 Å². The van der Waals surface area contributed by atoms with Crippen molar-refractivity contribution in [2.24, 2.45) is 0 Å². The number of carbonyl (C=O) groups excluding carboxylic acids is 1. The van der Waals surface area contributed by atoms with E-state index in [1.165, 1.54) is 16.8 Å². The van der Waals surface area contributed by atoms with E-state index in [0.29, 0.717) is 12.5 Å². The molecule has 4 rings (SSSR count). The van der Waals surface area contributed by atoms with Crippen molar-refractivity contribution in [2.75, 3.05) is 32.1 Å². The van der Waals surface area contributed by atoms with E-state index in [9.17, 15) is 4.79 Å². The first-order valence-corrected chi connectivity index (χ1v) is 12.2. The van der Waals surface area contributed by atoms with Crippen LogP contribution in [0.3, 0.4) is 0 Å². The van der Waals surface area contributed by atoms with Gasteiger partial charge >= 0.3 is 0 Å². The predicted molar refractivity (Wildman–Crippen MR) is 139 cm³/mol. The lowest BCUT2D eigenvalue weighted by Gasteiger charge is -2.32. The third-order valence-corrected chi connectivity index (χ3v) is 6.84. The normalized spacial score (nSPS) is 14.7. The van der Waals surface area contributed by atoms with Gasteiger partial charge in [0.2, 0.25) is 0 Å². The molecule has 5 heteroatoms. The summed E-state index contributed by atoms with van der Waals surface area (Å²) in [5.74, 6) is 0.278. The fourth-order valence-electron chi connectivity index (χ4n) is 4.68. The zero-order valence-corrected chi connectivity index (χ0v) is 20.8. The number of aromatic nitrogens is 1. The summed E-state index contributed by atoms with van der Waals surface area (Å²) in [4.78, 5) is 22.6. The van der Waals surface area contributed by atoms with Gasteiger partial charge in [0.25, 0.3) is 5.91 Å². The number of nitrogens with zero attached hydrogens (tertiary/aromatic N) is 3. The van der Waals surface area contributed by atoms with Crippen LogP contribution in [0.15, 0.2) is 60.7 Å². The Morgan fingerprint density at radius 1 is 1.00 bits per heavy atom. The number of aryl methyl sites for hydroxylation is 2. The first-order valence-electron chi connectivity index (χ1n) is 12.2. The van der Waals surface area contributed by atoms with E-state index in [2.05, 4.69) is 72.5 Å². The maximum Gasteiger partial charge on any atom is 0.253 e. The van der Waals surface area contributed by atoms with Crippen molar-refractivity contribution in [3.05, 3.63) is 94.3 Å². The lowest BCUT2D eigenvalue weighted by molar-refractivity contribution is 0.0948. The van der Waals surface area contributed by atoms with E-state index >= 15 is 0 Å². The van der Waals surface area contributed by atoms with Crippen molar-refractivity contribution in [3.8, 4) is 0 Å². The summed E-state index contributed by atoms with van der Waals surface area (Å²) in [5, 5.41) is 3.12. The van der Waals surface area contributed by atoms with E-state index in [-0.39, 0.29) is 5.91 Å². The van der Waals surface area contributed by atoms with E-state index in [4.69, 9.17) is 4.98 Å². The quantitative estimate of drug-likeness (QED) is 0.539. The van der Waals surface area contributed by atoms with Crippen LogP contribution in [-0.2, 0) is 13.1 Å². The van der Waals surface area contributed by atoms with E-state index in [1.54, 1.807) is 0 Å². The minimum absolute atomic E-state index is 0.0332. The van der Waals surface area contributed by atoms with Gasteiger partial charge in [-0.2, -0.15) is 0 Å². The number of anilines is 1. The molecule has 1 N–H and O–H groups in total. The van der Waals surface area contributed by atoms with E-state index in [1.807, 2.05) is 31.2 Å². The van der Waals surface area contributed by atoms with Gasteiger partial charge in [0, 0.05) is 44.5 Å². The summed E-state index contributed by atoms with van der Waals surface area (Å²) in [6.45, 7) is 7.60. The predicted octanol–water partition coefficient (Wildman–Crippen LogP) is 5.07. The fraction of sp³-hybridized carbons (Fsp3) is 0.379. The molecule has 0 saturated carbocycles. The van der Waals surface area contributed by atoms with Crippen molar-refractivity contribution in [1.82, 2.24) is 15.2 Å². The second-order valence-electron chi connectivity index (χ2n) is 9.61. The molecule has 178 valence electrons. The smallest absolute Gasteiger partial charge is 0.253 e. The van der Waals surface area contributed by atoms with E-state index in [0.717, 1.165) is 55.0 Å². The van der Waals surface area contributed by atoms with Gasteiger partial charge in [0.05, 0.1) is 11.3 Å². The Labute approximate surface area is 203 Å². The lowest BCUT2D eigenvalue weighted by Crippen LogP contribution is -2.34. The van der Waals surface area contributed by atoms with Crippen LogP contribution < -0.4 is 10.2 Å². The van der Waals surface area contributed by atoms with Crippen molar-refractivity contribution in [1.29, 1.82) is 0 Å². The van der Waals surface area contributed by atoms with Crippen LogP contribution in [-0.4, -0.2) is 43.0 Å². The molecule has 34 heavy (non-hydrogen) atoms. The second-order valence-corrected chi connectivity index (χ2v) is 9.61. The third-order valence-electron chi connectivity index (χ3n) is 6.84. The molecule has 0 atom stereocenters. The molecule has 1 aliphatic heterocycles. The molecular weight excluding hydrogens is 420 g/mol. The van der Waals surface area contributed by atoms with Crippen molar-refractivity contribution >= 4 is 11.6 Å². The number of amides is 1. The molecule has 1 saturated heterocycles. The summed E-state index contributed by atoms with van der Waals surface area (Å²) in [5.41, 5.74) is 7.54. The Bertz CT molecular complexity index is 1120. The number of carbonyl (C=O) groups is 1. The van der Waals surface area contributed by atoms with E-state index < -0.39 is 0 Å². The molecule has 3 aromatic rings. The highest BCUT2D eigenvalue weighted by atomic mass is 16.1. The molecule has 0 spiro atoms. The topological polar surface area (TPSA) is 48.5 Å². The Hall–Kier alpha value is -3.18. The zero-order valence-electron chi connectivity index (χ0n) is 20.8. The number of piperidine rings is 1. The van der Waals surface area contributed by atoms with Gasteiger partial charge in [-0.3, -0.25) is 14.7 Å². The Morgan fingerprint density at radius 3 is 2.38 bits per heavy atom. The average molecular weight is 457 g/mol. The van der Waals surface area contributed by atoms with Crippen LogP contribution in [0, 0.1) is 13.8 Å². The summed E-state index contributed by atoms with van der Waals surface area (Å²) in [6, 6.07) is 20.9. The van der Waals surface area contributed by atoms with Crippen LogP contribution in [0.4, 0.5) is 5.69 Å². The molecule has 0 aliphatic carbocycles. The molecule has 1 fully saturated rings. The van der Waals surface area contributed by atoms with Gasteiger partial charge in [-0.05, 0) is 80.7 Å². The molecule has 2 heterocycles. The Balaban J connectivity index is 1.39. The number of hydrogen-bond acceptors (Lipinski definition) is 4. The second kappa shape index (κ2) is 10.8. The molecular formula is C29H36N4O. The SMILES string of the molecule is Cc1ccc(C(=O)NCc2ccccc2C)c(C2CCN(Cc3ccc(N(C)C)cc3)CC2)n1. The van der Waals surface area contributed by atoms with Crippen LogP contribution in [0.25, 0.3) is 0 Å². The monoisotopic (exact) mass is 456 g/mol. The Morgan fingerprint density at radius 2 is 1.71 bits per heavy atom. The van der Waals surface area contributed by atoms with Gasteiger partial charge in [-0.25, -0.2) is 0 Å². The third kappa shape index (κ3) is 5.84. The number of nitrogens with one attached hydrogen (secondary N) is 1. The number of benzene rings is 2. The van der Waals surface area contributed by atoms with Crippen molar-refractivity contribution in [3.63, 3.8) is 0 Å². The van der Waals surface area contributed by atoms with Gasteiger partial charge in [-0.1, -0.05) is 36.4 Å². The molecule has 1 amide bonds. The maximum absolute atomic E-state index is 13.1. The molecule has 0 bridgehead atoms. The number of rotatable bonds is 7. The van der Waals surface area contributed by atoms with Gasteiger partial charge in [-0.15, -0.1) is 0 Å². The van der Waals surface area contributed by atoms with Crippen LogP contribution in [0.1, 0.15) is 57.2 Å². The summed E-state index contributed by atoms with van der Waals surface area (Å²) in [6.07, 6.45) is 2.04. The zero-order chi connectivity index (χ0) is 24.1. The fourth-order valence-corrected chi connectivity index (χ4v) is 4.68. The number of likely N-dealkylation sites (tertiary alicyclic amines) is 1. The standard InChI is InChI=1S/C29H36N4O/c1-21-7-5-6-8-25(21)19-30-29(34)27-14-9-22(2)31-28(27)24-15-17-33(18-16-24)20-23-10-12-26(13-11-23)32(3)4/h5-14,24H,15-20H2,1-4H3,(H,30,34). The van der Waals surface area contributed by atoms with Crippen LogP contribution >= 0.6 is 0 Å². The molecule has 1 aromatic heterocycles. The summed E-state index contributed by atoms with van der Waals surface area (Å²) in [7, 11) is 4.13. The van der Waals surface area contributed by atoms with Crippen LogP contribution in [0.5, 0.6) is 0 Å². The van der Waals surface area contributed by atoms with Gasteiger partial charge in [0.15, 0.2) is 0 Å². The summed E-state index contributed by atoms with van der Waals surface area (Å²) >= 11 is 0. The Kier molecular flexibility index (Phi) is 7.63. The molecule has 5 nitrogen and oxygen atoms in total. The molecule has 0 radical (unpaired) electrons. The highest BCUT2D eigenvalue weighted by molar-refractivity contribution is 5.95. The molecule has 0 unspecified atom stereocenters. The van der Waals surface area contributed by atoms with Crippen molar-refractivity contribution in [2.45, 2.75) is 45.7 Å². The summed E-state index contributed by atoms with van der Waals surface area (Å²) < 4.78 is 0. The maximum atomic E-state index is 13.1. The van der Waals surface area contributed by atoms with Crippen LogP contribution in [0.2, 0.25) is 0 Å². The minimum atomic E-state index is -0.0332. The van der Waals surface area contributed by atoms with Gasteiger partial charge < -0.3 is 10.2 Å². The first-order chi connectivity index (χ1) is 16.4. The first kappa shape index (κ1) is 24.0. The highest BCUT2D eigenvalue weighted by Gasteiger charge is 2.26. The molecule has 1 aliphatic rings. The lowest BCUT2D eigenvalue weighted by atomic mass is 9.89. The minimum Gasteiger partial charge on any atom is -0.378 e. The number of hydrogen-bond donors (Lipinski definition) is 1. The highest BCUT2D eigenvalue weighted by Crippen LogP contribution is 2.30. The average Bonchev–Trinajstić information content (AvgIpc) is 2.84. The number of pyridine rings is 1. The molecule has 2 aromatic carbocycles. The van der Waals surface area contributed by atoms with Crippen molar-refractivity contribution < 1.29 is 4.79 Å². The largest absolute Gasteiger partial charge is 0.378 e.